The highest BCUT2D eigenvalue weighted by atomic mass is 35.5. The maximum atomic E-state index is 12.5. The fraction of sp³-hybridized carbons (Fsp3) is 0. The Bertz CT molecular complexity index is 729. The van der Waals surface area contributed by atoms with Crippen LogP contribution >= 0.6 is 35.6 Å². The summed E-state index contributed by atoms with van der Waals surface area (Å²) >= 11 is 12.5. The Labute approximate surface area is 136 Å². The highest BCUT2D eigenvalue weighted by Gasteiger charge is 2.33. The van der Waals surface area contributed by atoms with Crippen LogP contribution in [0.2, 0.25) is 5.02 Å². The summed E-state index contributed by atoms with van der Waals surface area (Å²) in [6.07, 6.45) is 5.19. The number of benzene rings is 1. The molecule has 1 saturated heterocycles. The molecule has 21 heavy (non-hydrogen) atoms. The predicted octanol–water partition coefficient (Wildman–Crippen LogP) is 4.14. The van der Waals surface area contributed by atoms with Gasteiger partial charge in [0.25, 0.3) is 5.91 Å². The molecule has 0 unspecified atom stereocenters. The van der Waals surface area contributed by atoms with Crippen LogP contribution in [-0.2, 0) is 4.79 Å². The maximum Gasteiger partial charge on any atom is 0.270 e. The molecule has 2 aromatic rings. The second-order valence-corrected chi connectivity index (χ2v) is 6.39. The zero-order chi connectivity index (χ0) is 14.8. The van der Waals surface area contributed by atoms with Gasteiger partial charge in [-0.3, -0.25) is 14.7 Å². The minimum atomic E-state index is -0.129. The molecule has 1 aliphatic heterocycles. The summed E-state index contributed by atoms with van der Waals surface area (Å²) in [5, 5.41) is 0.620. The van der Waals surface area contributed by atoms with Crippen LogP contribution in [0.4, 0.5) is 5.69 Å². The predicted molar refractivity (Wildman–Crippen MR) is 91.3 cm³/mol. The fourth-order valence-electron chi connectivity index (χ4n) is 1.89. The highest BCUT2D eigenvalue weighted by Crippen LogP contribution is 2.36. The van der Waals surface area contributed by atoms with Gasteiger partial charge in [0.05, 0.1) is 10.6 Å². The molecule has 0 atom stereocenters. The minimum Gasteiger partial charge on any atom is -0.268 e. The van der Waals surface area contributed by atoms with E-state index in [4.69, 9.17) is 23.8 Å². The van der Waals surface area contributed by atoms with Gasteiger partial charge in [-0.2, -0.15) is 0 Å². The smallest absolute Gasteiger partial charge is 0.268 e. The van der Waals surface area contributed by atoms with E-state index in [0.717, 1.165) is 11.3 Å². The highest BCUT2D eigenvalue weighted by molar-refractivity contribution is 8.27. The number of amides is 1. The summed E-state index contributed by atoms with van der Waals surface area (Å²) in [5.41, 5.74) is 1.59. The van der Waals surface area contributed by atoms with Crippen LogP contribution in [0.5, 0.6) is 0 Å². The second-order valence-electron chi connectivity index (χ2n) is 4.28. The van der Waals surface area contributed by atoms with E-state index in [1.807, 2.05) is 12.1 Å². The average molecular weight is 333 g/mol. The minimum absolute atomic E-state index is 0.129. The van der Waals surface area contributed by atoms with Gasteiger partial charge in [-0.1, -0.05) is 41.6 Å². The number of carbonyl (C=O) groups excluding carboxylic acids is 1. The average Bonchev–Trinajstić information content (AvgIpc) is 2.76. The van der Waals surface area contributed by atoms with Crippen molar-refractivity contribution in [1.29, 1.82) is 0 Å². The molecule has 104 valence electrons. The molecule has 1 aromatic heterocycles. The van der Waals surface area contributed by atoms with Crippen molar-refractivity contribution in [2.24, 2.45) is 0 Å². The monoisotopic (exact) mass is 332 g/mol. The second kappa shape index (κ2) is 5.97. The quantitative estimate of drug-likeness (QED) is 0.611. The first kappa shape index (κ1) is 14.3. The number of hydrogen-bond acceptors (Lipinski definition) is 4. The Morgan fingerprint density at radius 3 is 2.67 bits per heavy atom. The number of thioether (sulfide) groups is 1. The van der Waals surface area contributed by atoms with Crippen molar-refractivity contribution in [2.75, 3.05) is 4.90 Å². The van der Waals surface area contributed by atoms with E-state index in [-0.39, 0.29) is 5.91 Å². The summed E-state index contributed by atoms with van der Waals surface area (Å²) < 4.78 is 0.512. The number of thiocarbonyl (C=S) groups is 1. The fourth-order valence-corrected chi connectivity index (χ4v) is 3.32. The van der Waals surface area contributed by atoms with E-state index in [1.165, 1.54) is 16.7 Å². The van der Waals surface area contributed by atoms with Gasteiger partial charge in [-0.05, 0) is 42.0 Å². The van der Waals surface area contributed by atoms with Gasteiger partial charge in [0.15, 0.2) is 4.32 Å². The van der Waals surface area contributed by atoms with E-state index in [9.17, 15) is 4.79 Å². The molecular weight excluding hydrogens is 324 g/mol. The molecule has 3 rings (SSSR count). The number of anilines is 1. The van der Waals surface area contributed by atoms with Crippen molar-refractivity contribution >= 4 is 57.6 Å². The molecule has 0 spiro atoms. The molecule has 3 nitrogen and oxygen atoms in total. The summed E-state index contributed by atoms with van der Waals surface area (Å²) in [4.78, 5) is 18.6. The molecule has 2 heterocycles. The third-order valence-corrected chi connectivity index (χ3v) is 4.41. The van der Waals surface area contributed by atoms with Gasteiger partial charge >= 0.3 is 0 Å². The largest absolute Gasteiger partial charge is 0.270 e. The lowest BCUT2D eigenvalue weighted by molar-refractivity contribution is -0.113. The van der Waals surface area contributed by atoms with Crippen molar-refractivity contribution < 1.29 is 4.79 Å². The van der Waals surface area contributed by atoms with E-state index < -0.39 is 0 Å². The topological polar surface area (TPSA) is 33.2 Å². The van der Waals surface area contributed by atoms with Crippen LogP contribution in [0.25, 0.3) is 6.08 Å². The lowest BCUT2D eigenvalue weighted by atomic mass is 10.2. The molecule has 6 heteroatoms. The van der Waals surface area contributed by atoms with Crippen LogP contribution < -0.4 is 4.90 Å². The molecule has 0 bridgehead atoms. The lowest BCUT2D eigenvalue weighted by Gasteiger charge is -2.14. The maximum absolute atomic E-state index is 12.5. The lowest BCUT2D eigenvalue weighted by Crippen LogP contribution is -2.27. The number of pyridine rings is 1. The van der Waals surface area contributed by atoms with Gasteiger partial charge in [0.1, 0.15) is 0 Å². The number of rotatable bonds is 2. The number of hydrogen-bond donors (Lipinski definition) is 0. The third-order valence-electron chi connectivity index (χ3n) is 2.86. The van der Waals surface area contributed by atoms with Crippen LogP contribution in [0.1, 0.15) is 5.56 Å². The Balaban J connectivity index is 1.92. The summed E-state index contributed by atoms with van der Waals surface area (Å²) in [6.45, 7) is 0. The molecule has 1 aromatic carbocycles. The first-order valence-electron chi connectivity index (χ1n) is 6.09. The van der Waals surface area contributed by atoms with Gasteiger partial charge < -0.3 is 0 Å². The summed E-state index contributed by atoms with van der Waals surface area (Å²) in [6, 6.07) is 10.7. The first-order valence-corrected chi connectivity index (χ1v) is 7.69. The Hall–Kier alpha value is -1.69. The molecule has 1 aliphatic rings. The Kier molecular flexibility index (Phi) is 4.05. The molecule has 0 aliphatic carbocycles. The Morgan fingerprint density at radius 2 is 2.00 bits per heavy atom. The van der Waals surface area contributed by atoms with Gasteiger partial charge in [-0.25, -0.2) is 0 Å². The number of aromatic nitrogens is 1. The first-order chi connectivity index (χ1) is 10.1. The normalized spacial score (nSPS) is 16.8. The number of nitrogens with zero attached hydrogens (tertiary/aromatic N) is 2. The van der Waals surface area contributed by atoms with E-state index in [0.29, 0.717) is 14.2 Å². The van der Waals surface area contributed by atoms with E-state index in [2.05, 4.69) is 4.98 Å². The Morgan fingerprint density at radius 1 is 1.24 bits per heavy atom. The molecule has 0 saturated carbocycles. The van der Waals surface area contributed by atoms with Crippen molar-refractivity contribution in [1.82, 2.24) is 4.98 Å². The van der Waals surface area contributed by atoms with Crippen LogP contribution in [0.3, 0.4) is 0 Å². The van der Waals surface area contributed by atoms with Crippen LogP contribution in [-0.4, -0.2) is 15.2 Å². The van der Waals surface area contributed by atoms with Crippen LogP contribution in [0.15, 0.2) is 53.7 Å². The number of halogens is 1. The zero-order valence-corrected chi connectivity index (χ0v) is 13.1. The van der Waals surface area contributed by atoms with Crippen molar-refractivity contribution in [3.8, 4) is 0 Å². The van der Waals surface area contributed by atoms with Gasteiger partial charge in [-0.15, -0.1) is 0 Å². The van der Waals surface area contributed by atoms with Gasteiger partial charge in [0.2, 0.25) is 0 Å². The third kappa shape index (κ3) is 3.00. The zero-order valence-electron chi connectivity index (χ0n) is 10.7. The van der Waals surface area contributed by atoms with Gasteiger partial charge in [0, 0.05) is 17.4 Å². The molecular formula is C15H9ClN2OS2. The SMILES string of the molecule is O=C1/C(=C/c2cccnc2)SC(=S)N1c1ccc(Cl)cc1. The molecule has 1 amide bonds. The van der Waals surface area contributed by atoms with Crippen molar-refractivity contribution in [3.63, 3.8) is 0 Å². The molecule has 0 N–H and O–H groups in total. The van der Waals surface area contributed by atoms with Crippen LogP contribution in [0, 0.1) is 0 Å². The summed E-state index contributed by atoms with van der Waals surface area (Å²) in [7, 11) is 0. The molecule has 0 radical (unpaired) electrons. The molecule has 1 fully saturated rings. The number of carbonyl (C=O) groups is 1. The van der Waals surface area contributed by atoms with Crippen molar-refractivity contribution in [2.45, 2.75) is 0 Å². The van der Waals surface area contributed by atoms with E-state index in [1.54, 1.807) is 42.7 Å². The van der Waals surface area contributed by atoms with E-state index >= 15 is 0 Å². The summed E-state index contributed by atoms with van der Waals surface area (Å²) in [5.74, 6) is -0.129. The van der Waals surface area contributed by atoms with Crippen molar-refractivity contribution in [3.05, 3.63) is 64.3 Å². The standard InChI is InChI=1S/C15H9ClN2OS2/c16-11-3-5-12(6-4-11)18-14(19)13(21-15(18)20)8-10-2-1-7-17-9-10/h1-9H/b13-8-.